The van der Waals surface area contributed by atoms with Gasteiger partial charge in [-0.3, -0.25) is 0 Å². The molecule has 43 heavy (non-hydrogen) atoms. The molecule has 15 nitrogen and oxygen atoms in total. The lowest BCUT2D eigenvalue weighted by Crippen LogP contribution is -3.15. The van der Waals surface area contributed by atoms with Crippen LogP contribution in [0.15, 0.2) is 36.6 Å². The number of carboxylic acids is 1. The van der Waals surface area contributed by atoms with E-state index in [1.807, 2.05) is 0 Å². The number of allylic oxidation sites excluding steroid dienone is 1. The maximum Gasteiger partial charge on any atom is 0.337 e. The molecule has 3 heterocycles. The predicted molar refractivity (Wildman–Crippen MR) is 142 cm³/mol. The van der Waals surface area contributed by atoms with Gasteiger partial charge in [-0.2, -0.15) is 0 Å². The van der Waals surface area contributed by atoms with Gasteiger partial charge in [-0.25, -0.2) is 4.79 Å². The zero-order valence-electron chi connectivity index (χ0n) is 23.7. The Morgan fingerprint density at radius 3 is 2.49 bits per heavy atom. The van der Waals surface area contributed by atoms with Crippen molar-refractivity contribution in [1.82, 2.24) is 0 Å². The first-order valence-electron chi connectivity index (χ1n) is 14.3. The number of quaternary nitrogens is 1. The quantitative estimate of drug-likeness (QED) is 0.0671. The number of ether oxygens (including phenoxy) is 4. The molecule has 0 bridgehead atoms. The topological polar surface area (TPSA) is 240 Å². The van der Waals surface area contributed by atoms with Crippen LogP contribution in [-0.4, -0.2) is 137 Å². The summed E-state index contributed by atoms with van der Waals surface area (Å²) in [6.45, 7) is 3.52. The molecule has 8 N–H and O–H groups in total. The number of aliphatic hydroxyl groups excluding tert-OH is 7. The summed E-state index contributed by atoms with van der Waals surface area (Å²) in [4.78, 5) is 25.6. The predicted octanol–water partition coefficient (Wildman–Crippen LogP) is -5.43. The van der Waals surface area contributed by atoms with Crippen LogP contribution >= 0.6 is 0 Å². The molecule has 3 rings (SSSR count). The smallest absolute Gasteiger partial charge is 0.337 e. The molecule has 2 saturated heterocycles. The minimum absolute atomic E-state index is 0.0131. The average Bonchev–Trinajstić information content (AvgIpc) is 2.99. The van der Waals surface area contributed by atoms with Crippen molar-refractivity contribution in [3.63, 3.8) is 0 Å². The van der Waals surface area contributed by atoms with Gasteiger partial charge in [0.1, 0.15) is 31.0 Å². The van der Waals surface area contributed by atoms with E-state index in [1.165, 1.54) is 6.08 Å². The Balaban J connectivity index is 1.86. The van der Waals surface area contributed by atoms with E-state index >= 15 is 0 Å². The second-order valence-electron chi connectivity index (χ2n) is 11.0. The summed E-state index contributed by atoms with van der Waals surface area (Å²) < 4.78 is 22.2. The van der Waals surface area contributed by atoms with E-state index in [0.717, 1.165) is 11.2 Å². The van der Waals surface area contributed by atoms with E-state index < -0.39 is 86.0 Å². The summed E-state index contributed by atoms with van der Waals surface area (Å²) in [5.41, 5.74) is 0.0418. The summed E-state index contributed by atoms with van der Waals surface area (Å²) in [6, 6.07) is 0. The van der Waals surface area contributed by atoms with Crippen molar-refractivity contribution in [1.29, 1.82) is 0 Å². The molecule has 244 valence electrons. The third kappa shape index (κ3) is 9.04. The van der Waals surface area contributed by atoms with E-state index in [0.29, 0.717) is 19.6 Å². The molecule has 0 saturated carbocycles. The Morgan fingerprint density at radius 1 is 1.12 bits per heavy atom. The first kappa shape index (κ1) is 35.0. The number of carbonyl (C=O) groups is 2. The Labute approximate surface area is 248 Å². The SMILES string of the molecule is C=C[C@@H]1[C@H](O[C@H]2O[C@H](CO)[C@@H](O)[C@H](O)[C@H]2O)OC=C(C(=O)OCC[C@H](O)CO)[C@H]1C=CC1CC(C(=O)[O-])C[NH+](CCO)C1. The molecule has 3 aliphatic heterocycles. The summed E-state index contributed by atoms with van der Waals surface area (Å²) in [5.74, 6) is -4.60. The average molecular weight is 618 g/mol. The number of piperidine rings is 1. The van der Waals surface area contributed by atoms with Crippen molar-refractivity contribution in [2.45, 2.75) is 55.9 Å². The number of carboxylic acid groups (broad SMARTS) is 1. The minimum Gasteiger partial charge on any atom is -0.550 e. The summed E-state index contributed by atoms with van der Waals surface area (Å²) in [5, 5.41) is 79.9. The van der Waals surface area contributed by atoms with Gasteiger partial charge in [-0.15, -0.1) is 6.58 Å². The van der Waals surface area contributed by atoms with Gasteiger partial charge in [-0.05, 0) is 6.42 Å². The van der Waals surface area contributed by atoms with E-state index in [1.54, 1.807) is 12.2 Å². The number of esters is 1. The van der Waals surface area contributed by atoms with E-state index in [4.69, 9.17) is 24.1 Å². The number of hydrogen-bond donors (Lipinski definition) is 8. The van der Waals surface area contributed by atoms with E-state index in [9.17, 15) is 45.3 Å². The first-order chi connectivity index (χ1) is 20.5. The Hall–Kier alpha value is -2.44. The van der Waals surface area contributed by atoms with Crippen molar-refractivity contribution < 1.29 is 74.3 Å². The highest BCUT2D eigenvalue weighted by Crippen LogP contribution is 2.36. The normalized spacial score (nSPS) is 37.3. The molecule has 0 aliphatic carbocycles. The first-order valence-corrected chi connectivity index (χ1v) is 14.3. The number of rotatable bonds is 14. The maximum atomic E-state index is 13.1. The van der Waals surface area contributed by atoms with Crippen LogP contribution in [0.25, 0.3) is 0 Å². The number of nitrogens with one attached hydrogen (secondary N) is 1. The van der Waals surface area contributed by atoms with Crippen LogP contribution in [0.4, 0.5) is 0 Å². The fourth-order valence-electron chi connectivity index (χ4n) is 5.56. The minimum atomic E-state index is -1.71. The molecule has 3 aliphatic rings. The second-order valence-corrected chi connectivity index (χ2v) is 11.0. The Morgan fingerprint density at radius 2 is 1.86 bits per heavy atom. The summed E-state index contributed by atoms with van der Waals surface area (Å²) >= 11 is 0. The highest BCUT2D eigenvalue weighted by atomic mass is 16.8. The van der Waals surface area contributed by atoms with Crippen molar-refractivity contribution in [2.24, 2.45) is 23.7 Å². The Kier molecular flexibility index (Phi) is 13.5. The van der Waals surface area contributed by atoms with Gasteiger partial charge in [0.05, 0.1) is 69.3 Å². The van der Waals surface area contributed by atoms with Crippen LogP contribution in [0, 0.1) is 23.7 Å². The number of aliphatic hydroxyl groups is 7. The van der Waals surface area contributed by atoms with Crippen molar-refractivity contribution in [3.8, 4) is 0 Å². The molecule has 0 aromatic heterocycles. The zero-order valence-corrected chi connectivity index (χ0v) is 23.7. The molecule has 0 aromatic carbocycles. The van der Waals surface area contributed by atoms with Gasteiger partial charge in [0.2, 0.25) is 6.29 Å². The van der Waals surface area contributed by atoms with Crippen LogP contribution in [-0.2, 0) is 28.5 Å². The highest BCUT2D eigenvalue weighted by molar-refractivity contribution is 5.89. The van der Waals surface area contributed by atoms with Crippen molar-refractivity contribution in [3.05, 3.63) is 36.6 Å². The number of carbonyl (C=O) groups excluding carboxylic acids is 2. The number of likely N-dealkylation sites (tertiary alicyclic amines) is 1. The summed E-state index contributed by atoms with van der Waals surface area (Å²) in [7, 11) is 0. The number of hydrogen-bond acceptors (Lipinski definition) is 14. The molecular weight excluding hydrogens is 574 g/mol. The molecule has 0 aromatic rings. The van der Waals surface area contributed by atoms with Crippen LogP contribution in [0.1, 0.15) is 12.8 Å². The lowest BCUT2D eigenvalue weighted by Gasteiger charge is -2.42. The van der Waals surface area contributed by atoms with E-state index in [2.05, 4.69) is 6.58 Å². The fraction of sp³-hybridized carbons (Fsp3) is 0.714. The van der Waals surface area contributed by atoms with Gasteiger partial charge in [0.15, 0.2) is 6.29 Å². The second kappa shape index (κ2) is 16.6. The standard InChI is InChI=1S/C28H43NO14/c1-2-18-19(4-3-15-9-16(25(37)38)11-29(10-15)6-7-30)20(26(39)40-8-5-17(33)12-31)14-41-27(18)43-28-24(36)23(35)22(34)21(13-32)42-28/h2-4,14-19,21-24,27-28,30-36H,1,5-13H2,(H,37,38)/t15?,16?,17-,18-,19-,21+,22+,23-,24+,27-,28+/m0/s1. The lowest BCUT2D eigenvalue weighted by atomic mass is 9.81. The van der Waals surface area contributed by atoms with Gasteiger partial charge >= 0.3 is 5.97 Å². The largest absolute Gasteiger partial charge is 0.550 e. The third-order valence-electron chi connectivity index (χ3n) is 8.00. The fourth-order valence-corrected chi connectivity index (χ4v) is 5.56. The van der Waals surface area contributed by atoms with Crippen LogP contribution < -0.4 is 10.0 Å². The molecule has 0 amide bonds. The number of aliphatic carboxylic acids is 1. The maximum absolute atomic E-state index is 13.1. The van der Waals surface area contributed by atoms with Gasteiger partial charge in [0, 0.05) is 24.2 Å². The molecule has 3 unspecified atom stereocenters. The molecular formula is C28H43NO14. The third-order valence-corrected chi connectivity index (χ3v) is 8.00. The Bertz CT molecular complexity index is 989. The molecule has 12 atom stereocenters. The van der Waals surface area contributed by atoms with Gasteiger partial charge in [0.25, 0.3) is 0 Å². The van der Waals surface area contributed by atoms with E-state index in [-0.39, 0.29) is 37.5 Å². The van der Waals surface area contributed by atoms with Crippen molar-refractivity contribution in [2.75, 3.05) is 46.1 Å². The van der Waals surface area contributed by atoms with Gasteiger partial charge in [-0.1, -0.05) is 18.2 Å². The monoisotopic (exact) mass is 617 g/mol. The van der Waals surface area contributed by atoms with Crippen LogP contribution in [0.3, 0.4) is 0 Å². The summed E-state index contributed by atoms with van der Waals surface area (Å²) in [6.07, 6.45) is -3.84. The highest BCUT2D eigenvalue weighted by Gasteiger charge is 2.47. The zero-order chi connectivity index (χ0) is 31.7. The van der Waals surface area contributed by atoms with Crippen molar-refractivity contribution >= 4 is 11.9 Å². The van der Waals surface area contributed by atoms with Crippen LogP contribution in [0.5, 0.6) is 0 Å². The van der Waals surface area contributed by atoms with Crippen LogP contribution in [0.2, 0.25) is 0 Å². The molecule has 0 spiro atoms. The molecule has 2 fully saturated rings. The molecule has 15 heteroatoms. The molecule has 0 radical (unpaired) electrons. The lowest BCUT2D eigenvalue weighted by molar-refractivity contribution is -0.911. The van der Waals surface area contributed by atoms with Gasteiger partial charge < -0.3 is 69.5 Å².